The standard InChI is InChI=1S/C30H35ClN2O2S/c1-4-5-6-22-7-9-24(10-8-22)30(35)32(19-21(2)3)20-28(34)33-17-15-27-26(16-18-36-27)29(33)23-11-13-25(31)14-12-23/h7-14,16,18,21,29H,4-6,15,17,19-20H2,1-3H3. The Morgan fingerprint density at radius 2 is 1.81 bits per heavy atom. The molecule has 2 heterocycles. The van der Waals surface area contributed by atoms with E-state index in [1.807, 2.05) is 53.4 Å². The Hall–Kier alpha value is -2.63. The van der Waals surface area contributed by atoms with E-state index in [-0.39, 0.29) is 30.3 Å². The number of unbranched alkanes of at least 4 members (excludes halogenated alkanes) is 1. The van der Waals surface area contributed by atoms with Crippen molar-refractivity contribution >= 4 is 34.8 Å². The zero-order valence-electron chi connectivity index (χ0n) is 21.4. The molecule has 3 aromatic rings. The van der Waals surface area contributed by atoms with Crippen LogP contribution in [-0.2, 0) is 17.6 Å². The number of carbonyl (C=O) groups is 2. The van der Waals surface area contributed by atoms with Crippen molar-refractivity contribution in [2.45, 2.75) is 52.5 Å². The monoisotopic (exact) mass is 522 g/mol. The third-order valence-electron chi connectivity index (χ3n) is 6.69. The number of amides is 2. The first-order chi connectivity index (χ1) is 17.4. The van der Waals surface area contributed by atoms with E-state index >= 15 is 0 Å². The number of aryl methyl sites for hydroxylation is 1. The molecule has 0 aliphatic carbocycles. The minimum atomic E-state index is -0.168. The molecule has 1 atom stereocenters. The molecule has 1 aromatic heterocycles. The minimum Gasteiger partial charge on any atom is -0.330 e. The number of halogens is 1. The summed E-state index contributed by atoms with van der Waals surface area (Å²) in [5.41, 5.74) is 4.09. The average molecular weight is 523 g/mol. The van der Waals surface area contributed by atoms with Crippen LogP contribution in [0.4, 0.5) is 0 Å². The van der Waals surface area contributed by atoms with Crippen LogP contribution < -0.4 is 0 Å². The van der Waals surface area contributed by atoms with Gasteiger partial charge in [0.2, 0.25) is 5.91 Å². The molecule has 36 heavy (non-hydrogen) atoms. The largest absolute Gasteiger partial charge is 0.330 e. The molecular formula is C30H35ClN2O2S. The lowest BCUT2D eigenvalue weighted by Crippen LogP contribution is -2.47. The van der Waals surface area contributed by atoms with Gasteiger partial charge in [-0.25, -0.2) is 0 Å². The summed E-state index contributed by atoms with van der Waals surface area (Å²) >= 11 is 7.89. The molecular weight excluding hydrogens is 488 g/mol. The molecule has 1 unspecified atom stereocenters. The summed E-state index contributed by atoms with van der Waals surface area (Å²) in [6.07, 6.45) is 4.13. The van der Waals surface area contributed by atoms with Gasteiger partial charge < -0.3 is 9.80 Å². The lowest BCUT2D eigenvalue weighted by molar-refractivity contribution is -0.134. The third kappa shape index (κ3) is 6.19. The summed E-state index contributed by atoms with van der Waals surface area (Å²) in [4.78, 5) is 32.3. The van der Waals surface area contributed by atoms with Gasteiger partial charge in [0, 0.05) is 28.6 Å². The number of benzene rings is 2. The van der Waals surface area contributed by atoms with Crippen LogP contribution in [0.25, 0.3) is 0 Å². The summed E-state index contributed by atoms with van der Waals surface area (Å²) in [5.74, 6) is 0.137. The lowest BCUT2D eigenvalue weighted by atomic mass is 9.93. The third-order valence-corrected chi connectivity index (χ3v) is 7.94. The van der Waals surface area contributed by atoms with Gasteiger partial charge in [0.25, 0.3) is 5.91 Å². The Labute approximate surface area is 223 Å². The van der Waals surface area contributed by atoms with Gasteiger partial charge in [-0.3, -0.25) is 9.59 Å². The van der Waals surface area contributed by atoms with Crippen LogP contribution in [0.3, 0.4) is 0 Å². The Morgan fingerprint density at radius 1 is 1.08 bits per heavy atom. The average Bonchev–Trinajstić information content (AvgIpc) is 3.35. The molecule has 0 fully saturated rings. The van der Waals surface area contributed by atoms with Crippen LogP contribution in [0, 0.1) is 5.92 Å². The van der Waals surface area contributed by atoms with E-state index in [0.29, 0.717) is 23.7 Å². The van der Waals surface area contributed by atoms with E-state index in [4.69, 9.17) is 11.6 Å². The van der Waals surface area contributed by atoms with E-state index in [1.54, 1.807) is 16.2 Å². The molecule has 190 valence electrons. The fourth-order valence-electron chi connectivity index (χ4n) is 4.88. The maximum atomic E-state index is 13.8. The van der Waals surface area contributed by atoms with E-state index in [2.05, 4.69) is 32.2 Å². The van der Waals surface area contributed by atoms with Crippen molar-refractivity contribution in [3.63, 3.8) is 0 Å². The molecule has 1 aliphatic heterocycles. The van der Waals surface area contributed by atoms with Crippen molar-refractivity contribution in [3.8, 4) is 0 Å². The highest BCUT2D eigenvalue weighted by Crippen LogP contribution is 2.38. The summed E-state index contributed by atoms with van der Waals surface area (Å²) in [7, 11) is 0. The fraction of sp³-hybridized carbons (Fsp3) is 0.400. The van der Waals surface area contributed by atoms with Crippen molar-refractivity contribution in [2.75, 3.05) is 19.6 Å². The molecule has 2 amide bonds. The SMILES string of the molecule is CCCCc1ccc(C(=O)N(CC(=O)N2CCc3sccc3C2c2ccc(Cl)cc2)CC(C)C)cc1. The minimum absolute atomic E-state index is 0.0274. The van der Waals surface area contributed by atoms with Crippen LogP contribution >= 0.6 is 22.9 Å². The second-order valence-electron chi connectivity index (χ2n) is 9.97. The van der Waals surface area contributed by atoms with Gasteiger partial charge in [0.05, 0.1) is 6.04 Å². The maximum absolute atomic E-state index is 13.8. The maximum Gasteiger partial charge on any atom is 0.254 e. The summed E-state index contributed by atoms with van der Waals surface area (Å²) in [5, 5.41) is 2.77. The van der Waals surface area contributed by atoms with Crippen molar-refractivity contribution < 1.29 is 9.59 Å². The van der Waals surface area contributed by atoms with Crippen LogP contribution in [0.1, 0.15) is 71.6 Å². The van der Waals surface area contributed by atoms with Gasteiger partial charge in [-0.2, -0.15) is 0 Å². The number of thiophene rings is 1. The predicted molar refractivity (Wildman–Crippen MR) is 149 cm³/mol. The van der Waals surface area contributed by atoms with Crippen molar-refractivity contribution in [1.29, 1.82) is 0 Å². The Balaban J connectivity index is 1.56. The van der Waals surface area contributed by atoms with Gasteiger partial charge in [-0.1, -0.05) is 63.1 Å². The highest BCUT2D eigenvalue weighted by molar-refractivity contribution is 7.10. The van der Waals surface area contributed by atoms with E-state index in [9.17, 15) is 9.59 Å². The number of hydrogen-bond donors (Lipinski definition) is 0. The van der Waals surface area contributed by atoms with Crippen molar-refractivity contribution in [2.24, 2.45) is 5.92 Å². The molecule has 6 heteroatoms. The zero-order valence-corrected chi connectivity index (χ0v) is 22.9. The Kier molecular flexibility index (Phi) is 8.86. The quantitative estimate of drug-likeness (QED) is 0.303. The zero-order chi connectivity index (χ0) is 25.7. The molecule has 4 rings (SSSR count). The van der Waals surface area contributed by atoms with Gasteiger partial charge in [-0.15, -0.1) is 11.3 Å². The van der Waals surface area contributed by atoms with Crippen LogP contribution in [0.5, 0.6) is 0 Å². The van der Waals surface area contributed by atoms with Gasteiger partial charge >= 0.3 is 0 Å². The summed E-state index contributed by atoms with van der Waals surface area (Å²) < 4.78 is 0. The van der Waals surface area contributed by atoms with E-state index in [0.717, 1.165) is 31.2 Å². The molecule has 0 spiro atoms. The van der Waals surface area contributed by atoms with Gasteiger partial charge in [-0.05, 0) is 77.6 Å². The molecule has 0 bridgehead atoms. The molecule has 2 aromatic carbocycles. The number of nitrogens with zero attached hydrogens (tertiary/aromatic N) is 2. The molecule has 1 aliphatic rings. The normalized spacial score (nSPS) is 15.1. The van der Waals surface area contributed by atoms with Crippen LogP contribution in [0.15, 0.2) is 60.0 Å². The van der Waals surface area contributed by atoms with E-state index < -0.39 is 0 Å². The summed E-state index contributed by atoms with van der Waals surface area (Å²) in [6.45, 7) is 7.57. The highest BCUT2D eigenvalue weighted by Gasteiger charge is 2.34. The number of hydrogen-bond acceptors (Lipinski definition) is 3. The summed E-state index contributed by atoms with van der Waals surface area (Å²) in [6, 6.07) is 17.6. The second kappa shape index (κ2) is 12.1. The Morgan fingerprint density at radius 3 is 2.47 bits per heavy atom. The fourth-order valence-corrected chi connectivity index (χ4v) is 5.91. The first-order valence-corrected chi connectivity index (χ1v) is 14.1. The smallest absolute Gasteiger partial charge is 0.254 e. The molecule has 0 N–H and O–H groups in total. The first-order valence-electron chi connectivity index (χ1n) is 12.9. The van der Waals surface area contributed by atoms with Crippen LogP contribution in [0.2, 0.25) is 5.02 Å². The molecule has 0 saturated carbocycles. The molecule has 0 saturated heterocycles. The Bertz CT molecular complexity index is 1170. The second-order valence-corrected chi connectivity index (χ2v) is 11.4. The lowest BCUT2D eigenvalue weighted by Gasteiger charge is -2.38. The number of carbonyl (C=O) groups excluding carboxylic acids is 2. The predicted octanol–water partition coefficient (Wildman–Crippen LogP) is 7.02. The van der Waals surface area contributed by atoms with Gasteiger partial charge in [0.1, 0.15) is 6.54 Å². The topological polar surface area (TPSA) is 40.6 Å². The number of fused-ring (bicyclic) bond motifs is 1. The highest BCUT2D eigenvalue weighted by atomic mass is 35.5. The molecule has 0 radical (unpaired) electrons. The van der Waals surface area contributed by atoms with Crippen LogP contribution in [-0.4, -0.2) is 41.2 Å². The van der Waals surface area contributed by atoms with Gasteiger partial charge in [0.15, 0.2) is 0 Å². The first kappa shape index (κ1) is 26.4. The van der Waals surface area contributed by atoms with Crippen molar-refractivity contribution in [1.82, 2.24) is 9.80 Å². The van der Waals surface area contributed by atoms with Crippen molar-refractivity contribution in [3.05, 3.63) is 92.1 Å². The van der Waals surface area contributed by atoms with E-state index in [1.165, 1.54) is 16.0 Å². The number of rotatable bonds is 9. The molecule has 4 nitrogen and oxygen atoms in total.